The van der Waals surface area contributed by atoms with Crippen molar-refractivity contribution in [2.45, 2.75) is 19.1 Å². The van der Waals surface area contributed by atoms with Crippen LogP contribution in [-0.4, -0.2) is 0 Å². The second kappa shape index (κ2) is 3.11. The average Bonchev–Trinajstić information content (AvgIpc) is 1.88. The van der Waals surface area contributed by atoms with Gasteiger partial charge in [0.05, 0.1) is 0 Å². The third-order valence-corrected chi connectivity index (χ3v) is 1.86. The molecule has 10 heavy (non-hydrogen) atoms. The molecule has 0 aliphatic heterocycles. The third-order valence-electron chi connectivity index (χ3n) is 1.56. The lowest BCUT2D eigenvalue weighted by Crippen LogP contribution is -1.82. The Morgan fingerprint density at radius 3 is 2.10 bits per heavy atom. The van der Waals surface area contributed by atoms with Crippen LogP contribution in [0.1, 0.15) is 23.3 Å². The van der Waals surface area contributed by atoms with Crippen molar-refractivity contribution >= 4 is 12.6 Å². The van der Waals surface area contributed by atoms with Gasteiger partial charge >= 0.3 is 0 Å². The van der Waals surface area contributed by atoms with Crippen molar-refractivity contribution in [1.82, 2.24) is 0 Å². The summed E-state index contributed by atoms with van der Waals surface area (Å²) in [6, 6.07) is 8.46. The molecule has 0 heterocycles. The predicted molar refractivity (Wildman–Crippen MR) is 48.6 cm³/mol. The first kappa shape index (κ1) is 7.67. The molecule has 0 unspecified atom stereocenters. The first-order chi connectivity index (χ1) is 4.70. The predicted octanol–water partition coefficient (Wildman–Crippen LogP) is 2.99. The average molecular weight is 152 g/mol. The van der Waals surface area contributed by atoms with Crippen molar-refractivity contribution < 1.29 is 0 Å². The van der Waals surface area contributed by atoms with E-state index in [1.54, 1.807) is 0 Å². The summed E-state index contributed by atoms with van der Waals surface area (Å²) in [6.45, 7) is 4.17. The van der Waals surface area contributed by atoms with Gasteiger partial charge in [0.15, 0.2) is 0 Å². The summed E-state index contributed by atoms with van der Waals surface area (Å²) >= 11 is 4.32. The number of hydrogen-bond acceptors (Lipinski definition) is 1. The van der Waals surface area contributed by atoms with Gasteiger partial charge < -0.3 is 0 Å². The van der Waals surface area contributed by atoms with Crippen molar-refractivity contribution in [1.29, 1.82) is 0 Å². The van der Waals surface area contributed by atoms with E-state index < -0.39 is 0 Å². The highest BCUT2D eigenvalue weighted by Crippen LogP contribution is 2.18. The van der Waals surface area contributed by atoms with Gasteiger partial charge in [-0.2, -0.15) is 12.6 Å². The molecule has 0 saturated carbocycles. The monoisotopic (exact) mass is 152 g/mol. The van der Waals surface area contributed by atoms with Crippen LogP contribution in [0.3, 0.4) is 0 Å². The number of benzene rings is 1. The molecule has 1 rings (SSSR count). The van der Waals surface area contributed by atoms with Gasteiger partial charge in [-0.25, -0.2) is 0 Å². The van der Waals surface area contributed by atoms with Crippen LogP contribution in [-0.2, 0) is 0 Å². The fourth-order valence-corrected chi connectivity index (χ4v) is 1.02. The Labute approximate surface area is 67.7 Å². The van der Waals surface area contributed by atoms with Crippen molar-refractivity contribution in [2.24, 2.45) is 0 Å². The van der Waals surface area contributed by atoms with Gasteiger partial charge in [0.2, 0.25) is 0 Å². The smallest absolute Gasteiger partial charge is 0.0238 e. The van der Waals surface area contributed by atoms with E-state index >= 15 is 0 Å². The zero-order valence-corrected chi connectivity index (χ0v) is 7.23. The molecular formula is C9H12S. The second-order valence-electron chi connectivity index (χ2n) is 2.59. The summed E-state index contributed by atoms with van der Waals surface area (Å²) in [4.78, 5) is 0. The Kier molecular flexibility index (Phi) is 2.39. The lowest BCUT2D eigenvalue weighted by Gasteiger charge is -2.02. The van der Waals surface area contributed by atoms with Crippen molar-refractivity contribution in [3.8, 4) is 0 Å². The van der Waals surface area contributed by atoms with Crippen LogP contribution in [0.15, 0.2) is 24.3 Å². The zero-order chi connectivity index (χ0) is 7.56. The van der Waals surface area contributed by atoms with Gasteiger partial charge in [0.1, 0.15) is 0 Å². The SMILES string of the molecule is Cc1ccc([C@H](C)S)cc1. The molecule has 0 aliphatic carbocycles. The molecule has 1 aromatic rings. The third kappa shape index (κ3) is 1.77. The highest BCUT2D eigenvalue weighted by molar-refractivity contribution is 7.80. The number of rotatable bonds is 1. The molecule has 0 amide bonds. The molecule has 0 radical (unpaired) electrons. The Morgan fingerprint density at radius 1 is 1.20 bits per heavy atom. The maximum absolute atomic E-state index is 4.32. The zero-order valence-electron chi connectivity index (χ0n) is 6.33. The highest BCUT2D eigenvalue weighted by atomic mass is 32.1. The minimum absolute atomic E-state index is 0.348. The first-order valence-corrected chi connectivity index (χ1v) is 3.96. The fraction of sp³-hybridized carbons (Fsp3) is 0.333. The van der Waals surface area contributed by atoms with Crippen LogP contribution in [0, 0.1) is 6.92 Å². The summed E-state index contributed by atoms with van der Waals surface area (Å²) < 4.78 is 0. The number of thiol groups is 1. The Bertz CT molecular complexity index is 198. The molecule has 0 bridgehead atoms. The summed E-state index contributed by atoms with van der Waals surface area (Å²) in [6.07, 6.45) is 0. The first-order valence-electron chi connectivity index (χ1n) is 3.45. The van der Waals surface area contributed by atoms with E-state index in [0.29, 0.717) is 5.25 Å². The molecule has 0 spiro atoms. The van der Waals surface area contributed by atoms with E-state index in [-0.39, 0.29) is 0 Å². The highest BCUT2D eigenvalue weighted by Gasteiger charge is 1.96. The maximum Gasteiger partial charge on any atom is 0.0238 e. The quantitative estimate of drug-likeness (QED) is 0.588. The van der Waals surface area contributed by atoms with Crippen LogP contribution in [0.4, 0.5) is 0 Å². The van der Waals surface area contributed by atoms with Gasteiger partial charge in [0.25, 0.3) is 0 Å². The van der Waals surface area contributed by atoms with Crippen LogP contribution in [0.25, 0.3) is 0 Å². The molecule has 0 fully saturated rings. The molecular weight excluding hydrogens is 140 g/mol. The van der Waals surface area contributed by atoms with Gasteiger partial charge in [0, 0.05) is 5.25 Å². The van der Waals surface area contributed by atoms with Gasteiger partial charge in [-0.15, -0.1) is 0 Å². The van der Waals surface area contributed by atoms with Crippen LogP contribution in [0.2, 0.25) is 0 Å². The minimum Gasteiger partial charge on any atom is -0.171 e. The summed E-state index contributed by atoms with van der Waals surface area (Å²) in [5.74, 6) is 0. The molecule has 1 aromatic carbocycles. The summed E-state index contributed by atoms with van der Waals surface area (Å²) in [7, 11) is 0. The largest absolute Gasteiger partial charge is 0.171 e. The summed E-state index contributed by atoms with van der Waals surface area (Å²) in [5.41, 5.74) is 2.59. The van der Waals surface area contributed by atoms with Crippen molar-refractivity contribution in [2.75, 3.05) is 0 Å². The molecule has 0 aliphatic rings. The van der Waals surface area contributed by atoms with E-state index in [1.807, 2.05) is 0 Å². The van der Waals surface area contributed by atoms with Crippen LogP contribution in [0.5, 0.6) is 0 Å². The van der Waals surface area contributed by atoms with E-state index in [2.05, 4.69) is 50.7 Å². The number of hydrogen-bond donors (Lipinski definition) is 1. The van der Waals surface area contributed by atoms with Gasteiger partial charge in [-0.3, -0.25) is 0 Å². The summed E-state index contributed by atoms with van der Waals surface area (Å²) in [5, 5.41) is 0.348. The lowest BCUT2D eigenvalue weighted by molar-refractivity contribution is 1.11. The van der Waals surface area contributed by atoms with Crippen molar-refractivity contribution in [3.63, 3.8) is 0 Å². The molecule has 0 saturated heterocycles. The maximum atomic E-state index is 4.32. The Hall–Kier alpha value is -0.430. The topological polar surface area (TPSA) is 0 Å². The molecule has 54 valence electrons. The van der Waals surface area contributed by atoms with Crippen molar-refractivity contribution in [3.05, 3.63) is 35.4 Å². The fourth-order valence-electron chi connectivity index (χ4n) is 0.845. The molecule has 1 heteroatoms. The molecule has 0 aromatic heterocycles. The number of aryl methyl sites for hydroxylation is 1. The van der Waals surface area contributed by atoms with E-state index in [4.69, 9.17) is 0 Å². The molecule has 0 nitrogen and oxygen atoms in total. The van der Waals surface area contributed by atoms with Gasteiger partial charge in [-0.05, 0) is 19.4 Å². The van der Waals surface area contributed by atoms with Crippen LogP contribution >= 0.6 is 12.6 Å². The normalized spacial score (nSPS) is 13.1. The lowest BCUT2D eigenvalue weighted by atomic mass is 10.1. The Morgan fingerprint density at radius 2 is 1.70 bits per heavy atom. The molecule has 0 N–H and O–H groups in total. The standard InChI is InChI=1S/C9H12S/c1-7-3-5-9(6-4-7)8(2)10/h3-6,8,10H,1-2H3/t8-/m0/s1. The second-order valence-corrected chi connectivity index (χ2v) is 3.36. The van der Waals surface area contributed by atoms with Gasteiger partial charge in [-0.1, -0.05) is 29.8 Å². The van der Waals surface area contributed by atoms with E-state index in [9.17, 15) is 0 Å². The van der Waals surface area contributed by atoms with E-state index in [1.165, 1.54) is 11.1 Å². The van der Waals surface area contributed by atoms with Crippen LogP contribution < -0.4 is 0 Å². The molecule has 1 atom stereocenters. The van der Waals surface area contributed by atoms with E-state index in [0.717, 1.165) is 0 Å². The Balaban J connectivity index is 2.89. The minimum atomic E-state index is 0.348.